The summed E-state index contributed by atoms with van der Waals surface area (Å²) in [4.78, 5) is 0. The summed E-state index contributed by atoms with van der Waals surface area (Å²) in [5, 5.41) is 2.50. The Hall–Kier alpha value is -3.44. The number of benzene rings is 3. The Morgan fingerprint density at radius 1 is 0.784 bits per heavy atom. The Labute approximate surface area is 221 Å². The minimum atomic E-state index is 0.668. The molecule has 0 radical (unpaired) electrons. The zero-order chi connectivity index (χ0) is 26.2. The summed E-state index contributed by atoms with van der Waals surface area (Å²) in [6.45, 7) is 11.2. The van der Waals surface area contributed by atoms with Gasteiger partial charge in [0.25, 0.3) is 0 Å². The van der Waals surface area contributed by atoms with Crippen LogP contribution in [0, 0.1) is 0 Å². The number of rotatable bonds is 13. The average molecular weight is 493 g/mol. The summed E-state index contributed by atoms with van der Waals surface area (Å²) in [5.74, 6) is 0. The lowest BCUT2D eigenvalue weighted by Gasteiger charge is -2.08. The molecule has 0 aliphatic heterocycles. The standard InChI is InChI=1S/C33H40N4/c1-3-26(20-24(2)8-5-16-34)28-12-14-32-30(22-28)31-23-29(13-15-33(31)37(32)19-7-18-36)27-11-4-9-25(21-27)10-6-17-35/h3-4,9,11-15,20-23H,1-2,5-8,10,16-19,34-36H2/b26-20+. The molecule has 0 amide bonds. The van der Waals surface area contributed by atoms with E-state index in [-0.39, 0.29) is 0 Å². The molecule has 0 saturated heterocycles. The molecule has 0 spiro atoms. The van der Waals surface area contributed by atoms with Gasteiger partial charge in [0, 0.05) is 28.4 Å². The molecule has 1 aromatic heterocycles. The van der Waals surface area contributed by atoms with Crippen LogP contribution in [0.25, 0.3) is 38.5 Å². The molecule has 4 nitrogen and oxygen atoms in total. The van der Waals surface area contributed by atoms with Crippen LogP contribution in [0.4, 0.5) is 0 Å². The predicted octanol–water partition coefficient (Wildman–Crippen LogP) is 6.57. The van der Waals surface area contributed by atoms with Crippen LogP contribution >= 0.6 is 0 Å². The smallest absolute Gasteiger partial charge is 0.0491 e. The van der Waals surface area contributed by atoms with Crippen LogP contribution in [0.5, 0.6) is 0 Å². The first-order valence-corrected chi connectivity index (χ1v) is 13.4. The van der Waals surface area contributed by atoms with Crippen LogP contribution in [0.2, 0.25) is 0 Å². The highest BCUT2D eigenvalue weighted by Gasteiger charge is 2.13. The molecule has 37 heavy (non-hydrogen) atoms. The van der Waals surface area contributed by atoms with Crippen molar-refractivity contribution < 1.29 is 0 Å². The Morgan fingerprint density at radius 3 is 2.22 bits per heavy atom. The second kappa shape index (κ2) is 12.7. The molecule has 0 unspecified atom stereocenters. The Bertz CT molecular complexity index is 1420. The number of hydrogen-bond donors (Lipinski definition) is 3. The maximum absolute atomic E-state index is 5.89. The van der Waals surface area contributed by atoms with Crippen LogP contribution in [-0.4, -0.2) is 24.2 Å². The monoisotopic (exact) mass is 492 g/mol. The van der Waals surface area contributed by atoms with Gasteiger partial charge in [-0.1, -0.05) is 67.3 Å². The first-order chi connectivity index (χ1) is 18.1. The van der Waals surface area contributed by atoms with Crippen LogP contribution in [0.1, 0.15) is 36.8 Å². The maximum atomic E-state index is 5.89. The lowest BCUT2D eigenvalue weighted by atomic mass is 9.97. The molecule has 0 fully saturated rings. The molecular weight excluding hydrogens is 452 g/mol. The fraction of sp³-hybridized carbons (Fsp3) is 0.273. The van der Waals surface area contributed by atoms with E-state index in [1.807, 2.05) is 6.08 Å². The quantitative estimate of drug-likeness (QED) is 0.185. The first kappa shape index (κ1) is 26.6. The fourth-order valence-electron chi connectivity index (χ4n) is 5.05. The molecule has 0 atom stereocenters. The van der Waals surface area contributed by atoms with Gasteiger partial charge in [0.05, 0.1) is 0 Å². The number of nitrogens with two attached hydrogens (primary N) is 3. The third kappa shape index (κ3) is 6.11. The molecule has 192 valence electrons. The molecule has 4 aromatic rings. The van der Waals surface area contributed by atoms with E-state index in [9.17, 15) is 0 Å². The summed E-state index contributed by atoms with van der Waals surface area (Å²) in [7, 11) is 0. The lowest BCUT2D eigenvalue weighted by molar-refractivity contribution is 0.687. The second-order valence-corrected chi connectivity index (χ2v) is 9.70. The molecule has 4 rings (SSSR count). The molecule has 0 bridgehead atoms. The van der Waals surface area contributed by atoms with Gasteiger partial charge >= 0.3 is 0 Å². The van der Waals surface area contributed by atoms with E-state index in [2.05, 4.69) is 84.5 Å². The summed E-state index contributed by atoms with van der Waals surface area (Å²) in [5.41, 5.74) is 26.9. The van der Waals surface area contributed by atoms with E-state index >= 15 is 0 Å². The van der Waals surface area contributed by atoms with Crippen molar-refractivity contribution in [1.82, 2.24) is 4.57 Å². The van der Waals surface area contributed by atoms with Crippen molar-refractivity contribution in [1.29, 1.82) is 0 Å². The Morgan fingerprint density at radius 2 is 1.49 bits per heavy atom. The molecule has 6 N–H and O–H groups in total. The number of aryl methyl sites for hydroxylation is 2. The summed E-state index contributed by atoms with van der Waals surface area (Å²) < 4.78 is 2.40. The lowest BCUT2D eigenvalue weighted by Crippen LogP contribution is -2.05. The molecule has 1 heterocycles. The number of fused-ring (bicyclic) bond motifs is 3. The largest absolute Gasteiger partial charge is 0.340 e. The van der Waals surface area contributed by atoms with Crippen molar-refractivity contribution in [3.63, 3.8) is 0 Å². The van der Waals surface area contributed by atoms with Gasteiger partial charge in [0.15, 0.2) is 0 Å². The van der Waals surface area contributed by atoms with E-state index in [1.165, 1.54) is 38.5 Å². The Kier molecular flexibility index (Phi) is 9.13. The average Bonchev–Trinajstić information content (AvgIpc) is 3.24. The van der Waals surface area contributed by atoms with Crippen LogP contribution < -0.4 is 17.2 Å². The molecule has 0 saturated carbocycles. The molecular formula is C33H40N4. The van der Waals surface area contributed by atoms with Gasteiger partial charge in [-0.15, -0.1) is 0 Å². The fourth-order valence-corrected chi connectivity index (χ4v) is 5.05. The SMILES string of the molecule is C=C/C(=C\C(=C)CCCN)c1ccc2c(c1)c1cc(-c3cccc(CCCN)c3)ccc1n2CCCN. The number of hydrogen-bond acceptors (Lipinski definition) is 3. The third-order valence-corrected chi connectivity index (χ3v) is 7.00. The van der Waals surface area contributed by atoms with Crippen molar-refractivity contribution in [3.8, 4) is 11.1 Å². The van der Waals surface area contributed by atoms with Crippen LogP contribution in [0.15, 0.2) is 91.5 Å². The van der Waals surface area contributed by atoms with E-state index in [4.69, 9.17) is 17.2 Å². The molecule has 0 aliphatic rings. The van der Waals surface area contributed by atoms with Crippen molar-refractivity contribution >= 4 is 27.4 Å². The Balaban J connectivity index is 1.84. The minimum absolute atomic E-state index is 0.668. The van der Waals surface area contributed by atoms with E-state index < -0.39 is 0 Å². The topological polar surface area (TPSA) is 83.0 Å². The van der Waals surface area contributed by atoms with Crippen LogP contribution in [-0.2, 0) is 13.0 Å². The first-order valence-electron chi connectivity index (χ1n) is 13.4. The van der Waals surface area contributed by atoms with Crippen LogP contribution in [0.3, 0.4) is 0 Å². The van der Waals surface area contributed by atoms with Gasteiger partial charge in [-0.2, -0.15) is 0 Å². The molecule has 0 aliphatic carbocycles. The van der Waals surface area contributed by atoms with Crippen molar-refractivity contribution in [3.05, 3.63) is 103 Å². The predicted molar refractivity (Wildman–Crippen MR) is 162 cm³/mol. The van der Waals surface area contributed by atoms with Crippen molar-refractivity contribution in [2.75, 3.05) is 19.6 Å². The van der Waals surface area contributed by atoms with E-state index in [0.29, 0.717) is 19.6 Å². The number of nitrogens with zero attached hydrogens (tertiary/aromatic N) is 1. The van der Waals surface area contributed by atoms with Crippen molar-refractivity contribution in [2.45, 2.75) is 38.6 Å². The van der Waals surface area contributed by atoms with Gasteiger partial charge in [-0.3, -0.25) is 0 Å². The van der Waals surface area contributed by atoms with Gasteiger partial charge < -0.3 is 21.8 Å². The summed E-state index contributed by atoms with van der Waals surface area (Å²) >= 11 is 0. The highest BCUT2D eigenvalue weighted by molar-refractivity contribution is 6.10. The third-order valence-electron chi connectivity index (χ3n) is 7.00. The van der Waals surface area contributed by atoms with Gasteiger partial charge in [-0.25, -0.2) is 0 Å². The van der Waals surface area contributed by atoms with Gasteiger partial charge in [-0.05, 0) is 104 Å². The minimum Gasteiger partial charge on any atom is -0.340 e. The highest BCUT2D eigenvalue weighted by Crippen LogP contribution is 2.35. The van der Waals surface area contributed by atoms with Crippen molar-refractivity contribution in [2.24, 2.45) is 17.2 Å². The zero-order valence-corrected chi connectivity index (χ0v) is 21.9. The maximum Gasteiger partial charge on any atom is 0.0491 e. The molecule has 4 heteroatoms. The zero-order valence-electron chi connectivity index (χ0n) is 21.9. The number of aromatic nitrogens is 1. The summed E-state index contributed by atoms with van der Waals surface area (Å²) in [6, 6.07) is 22.4. The normalized spacial score (nSPS) is 11.9. The van der Waals surface area contributed by atoms with Gasteiger partial charge in [0.1, 0.15) is 0 Å². The highest BCUT2D eigenvalue weighted by atomic mass is 15.0. The number of allylic oxidation sites excluding steroid dienone is 4. The summed E-state index contributed by atoms with van der Waals surface area (Å²) in [6.07, 6.45) is 8.81. The molecule has 3 aromatic carbocycles. The van der Waals surface area contributed by atoms with E-state index in [0.717, 1.165) is 55.4 Å². The second-order valence-electron chi connectivity index (χ2n) is 9.70. The van der Waals surface area contributed by atoms with Gasteiger partial charge in [0.2, 0.25) is 0 Å². The van der Waals surface area contributed by atoms with E-state index in [1.54, 1.807) is 0 Å².